The number of fused-ring (bicyclic) bond motifs is 1. The first-order valence-electron chi connectivity index (χ1n) is 8.64. The number of rotatable bonds is 4. The van der Waals surface area contributed by atoms with Crippen LogP contribution in [0.2, 0.25) is 0 Å². The predicted molar refractivity (Wildman–Crippen MR) is 88.2 cm³/mol. The molecular weight excluding hydrogens is 346 g/mol. The molecule has 1 fully saturated rings. The van der Waals surface area contributed by atoms with Crippen LogP contribution in [0.25, 0.3) is 0 Å². The summed E-state index contributed by atoms with van der Waals surface area (Å²) in [6, 6.07) is 0. The molecule has 2 aliphatic heterocycles. The highest BCUT2D eigenvalue weighted by atomic mass is 16.8. The van der Waals surface area contributed by atoms with E-state index in [2.05, 4.69) is 0 Å². The fourth-order valence-electron chi connectivity index (χ4n) is 4.06. The highest BCUT2D eigenvalue weighted by Gasteiger charge is 2.57. The van der Waals surface area contributed by atoms with E-state index in [1.54, 1.807) is 13.8 Å². The number of aliphatic hydroxyl groups is 5. The Kier molecular flexibility index (Phi) is 5.44. The van der Waals surface area contributed by atoms with Gasteiger partial charge in [-0.3, -0.25) is 0 Å². The van der Waals surface area contributed by atoms with Crippen LogP contribution in [0.15, 0.2) is 23.5 Å². The second kappa shape index (κ2) is 7.17. The van der Waals surface area contributed by atoms with Crippen molar-refractivity contribution < 1.29 is 39.7 Å². The van der Waals surface area contributed by atoms with Crippen molar-refractivity contribution >= 4 is 0 Å². The molecule has 0 aromatic rings. The number of ether oxygens (including phenoxy) is 3. The quantitative estimate of drug-likeness (QED) is 0.305. The van der Waals surface area contributed by atoms with Crippen LogP contribution >= 0.6 is 0 Å². The summed E-state index contributed by atoms with van der Waals surface area (Å²) < 4.78 is 17.1. The van der Waals surface area contributed by atoms with Crippen molar-refractivity contribution in [3.05, 3.63) is 23.5 Å². The van der Waals surface area contributed by atoms with Crippen molar-refractivity contribution in [2.75, 3.05) is 13.2 Å². The van der Waals surface area contributed by atoms with E-state index in [0.717, 1.165) is 0 Å². The molecule has 3 rings (SSSR count). The van der Waals surface area contributed by atoms with Gasteiger partial charge >= 0.3 is 0 Å². The molecule has 26 heavy (non-hydrogen) atoms. The molecule has 9 heteroatoms. The fourth-order valence-corrected chi connectivity index (χ4v) is 4.06. The third kappa shape index (κ3) is 2.88. The smallest absolute Gasteiger partial charge is 0.224 e. The summed E-state index contributed by atoms with van der Waals surface area (Å²) in [5, 5.41) is 49.5. The maximum Gasteiger partial charge on any atom is 0.224 e. The van der Waals surface area contributed by atoms with E-state index in [9.17, 15) is 25.5 Å². The summed E-state index contributed by atoms with van der Waals surface area (Å²) in [7, 11) is 0. The van der Waals surface area contributed by atoms with Crippen molar-refractivity contribution in [1.29, 1.82) is 0 Å². The van der Waals surface area contributed by atoms with Crippen LogP contribution in [0.3, 0.4) is 0 Å². The summed E-state index contributed by atoms with van der Waals surface area (Å²) in [5.74, 6) is -1.16. The van der Waals surface area contributed by atoms with E-state index in [1.165, 1.54) is 12.3 Å². The minimum absolute atomic E-state index is 0.373. The van der Waals surface area contributed by atoms with Gasteiger partial charge in [-0.05, 0) is 18.1 Å². The summed E-state index contributed by atoms with van der Waals surface area (Å²) >= 11 is 0. The van der Waals surface area contributed by atoms with E-state index in [4.69, 9.17) is 19.9 Å². The Morgan fingerprint density at radius 3 is 2.54 bits per heavy atom. The van der Waals surface area contributed by atoms with Crippen LogP contribution in [0.1, 0.15) is 13.8 Å². The van der Waals surface area contributed by atoms with Gasteiger partial charge in [0.25, 0.3) is 0 Å². The van der Waals surface area contributed by atoms with Gasteiger partial charge in [-0.15, -0.1) is 0 Å². The van der Waals surface area contributed by atoms with E-state index < -0.39 is 61.0 Å². The van der Waals surface area contributed by atoms with Gasteiger partial charge in [0.15, 0.2) is 6.29 Å². The standard InChI is InChI=1S/C17H27NO8/c1-7-6-24-16(17(18)9(4-19)3-10(21)12(7)17)26-15-8(2)13(22)14(23)11(5-20)25-15/h3,6,8,10-16,19-23H,4-5,18H2,1-2H3/t8?,10-,11?,12+,13?,14?,15?,16+,17+/m1/s1. The second-order valence-corrected chi connectivity index (χ2v) is 7.28. The molecule has 0 spiro atoms. The zero-order chi connectivity index (χ0) is 19.2. The average molecular weight is 373 g/mol. The molecule has 9 atom stereocenters. The van der Waals surface area contributed by atoms with Crippen molar-refractivity contribution in [3.63, 3.8) is 0 Å². The third-order valence-electron chi connectivity index (χ3n) is 5.66. The molecule has 148 valence electrons. The van der Waals surface area contributed by atoms with Gasteiger partial charge in [0, 0.05) is 11.8 Å². The molecule has 1 aliphatic carbocycles. The highest BCUT2D eigenvalue weighted by Crippen LogP contribution is 2.45. The van der Waals surface area contributed by atoms with Crippen molar-refractivity contribution in [2.45, 2.75) is 56.4 Å². The zero-order valence-corrected chi connectivity index (χ0v) is 14.7. The molecule has 0 radical (unpaired) electrons. The molecule has 5 unspecified atom stereocenters. The molecule has 7 N–H and O–H groups in total. The first-order chi connectivity index (χ1) is 12.2. The topological polar surface area (TPSA) is 155 Å². The summed E-state index contributed by atoms with van der Waals surface area (Å²) in [4.78, 5) is 0. The van der Waals surface area contributed by atoms with Gasteiger partial charge in [-0.25, -0.2) is 0 Å². The molecule has 0 bridgehead atoms. The van der Waals surface area contributed by atoms with E-state index >= 15 is 0 Å². The largest absolute Gasteiger partial charge is 0.470 e. The number of aliphatic hydroxyl groups excluding tert-OH is 5. The first-order valence-corrected chi connectivity index (χ1v) is 8.64. The zero-order valence-electron chi connectivity index (χ0n) is 14.7. The average Bonchev–Trinajstić information content (AvgIpc) is 2.89. The monoisotopic (exact) mass is 373 g/mol. The summed E-state index contributed by atoms with van der Waals surface area (Å²) in [5.41, 5.74) is 6.32. The molecule has 0 aromatic carbocycles. The van der Waals surface area contributed by atoms with E-state index in [-0.39, 0.29) is 6.61 Å². The Morgan fingerprint density at radius 1 is 1.23 bits per heavy atom. The summed E-state index contributed by atoms with van der Waals surface area (Å²) in [6.07, 6.45) is -3.49. The maximum atomic E-state index is 10.3. The molecule has 9 nitrogen and oxygen atoms in total. The van der Waals surface area contributed by atoms with Gasteiger partial charge in [-0.1, -0.05) is 13.0 Å². The lowest BCUT2D eigenvalue weighted by Gasteiger charge is -2.47. The number of hydrogen-bond donors (Lipinski definition) is 6. The Hall–Kier alpha value is -1.04. The lowest BCUT2D eigenvalue weighted by atomic mass is 9.76. The lowest BCUT2D eigenvalue weighted by Crippen LogP contribution is -2.64. The minimum Gasteiger partial charge on any atom is -0.470 e. The van der Waals surface area contributed by atoms with Crippen LogP contribution in [-0.4, -0.2) is 81.3 Å². The van der Waals surface area contributed by atoms with Gasteiger partial charge in [0.05, 0.1) is 31.7 Å². The van der Waals surface area contributed by atoms with Crippen LogP contribution in [0, 0.1) is 11.8 Å². The minimum atomic E-state index is -1.31. The van der Waals surface area contributed by atoms with Crippen LogP contribution < -0.4 is 5.73 Å². The third-order valence-corrected chi connectivity index (χ3v) is 5.66. The van der Waals surface area contributed by atoms with E-state index in [1.807, 2.05) is 0 Å². The first kappa shape index (κ1) is 19.7. The lowest BCUT2D eigenvalue weighted by molar-refractivity contribution is -0.328. The molecule has 1 saturated heterocycles. The predicted octanol–water partition coefficient (Wildman–Crippen LogP) is -2.05. The van der Waals surface area contributed by atoms with Crippen LogP contribution in [-0.2, 0) is 14.2 Å². The normalized spacial score (nSPS) is 48.5. The molecule has 0 saturated carbocycles. The highest BCUT2D eigenvalue weighted by molar-refractivity contribution is 5.39. The molecule has 0 aromatic heterocycles. The molecule has 0 amide bonds. The van der Waals surface area contributed by atoms with Gasteiger partial charge in [-0.2, -0.15) is 0 Å². The number of hydrogen-bond acceptors (Lipinski definition) is 9. The Labute approximate surface area is 151 Å². The second-order valence-electron chi connectivity index (χ2n) is 7.28. The van der Waals surface area contributed by atoms with E-state index in [0.29, 0.717) is 11.1 Å². The molecule has 3 aliphatic rings. The van der Waals surface area contributed by atoms with Gasteiger partial charge in [0.2, 0.25) is 6.29 Å². The number of nitrogens with two attached hydrogens (primary N) is 1. The Morgan fingerprint density at radius 2 is 1.92 bits per heavy atom. The molecule has 2 heterocycles. The Balaban J connectivity index is 1.86. The molecular formula is C17H27NO8. The SMILES string of the molecule is CC1=CO[C@@H](OC2OC(CO)C(O)C(O)C2C)[C@]2(N)C(CO)=C[C@@H](O)[C@H]12. The van der Waals surface area contributed by atoms with Gasteiger partial charge in [0.1, 0.15) is 17.7 Å². The van der Waals surface area contributed by atoms with Crippen molar-refractivity contribution in [1.82, 2.24) is 0 Å². The fraction of sp³-hybridized carbons (Fsp3) is 0.765. The Bertz CT molecular complexity index is 593. The summed E-state index contributed by atoms with van der Waals surface area (Å²) in [6.45, 7) is 2.53. The van der Waals surface area contributed by atoms with Crippen LogP contribution in [0.4, 0.5) is 0 Å². The van der Waals surface area contributed by atoms with Crippen molar-refractivity contribution in [2.24, 2.45) is 17.6 Å². The van der Waals surface area contributed by atoms with Gasteiger partial charge < -0.3 is 45.5 Å². The van der Waals surface area contributed by atoms with Crippen LogP contribution in [0.5, 0.6) is 0 Å². The van der Waals surface area contributed by atoms with Crippen molar-refractivity contribution in [3.8, 4) is 0 Å². The maximum absolute atomic E-state index is 10.3.